The van der Waals surface area contributed by atoms with Crippen molar-refractivity contribution in [3.05, 3.63) is 83.9 Å². The summed E-state index contributed by atoms with van der Waals surface area (Å²) in [5, 5.41) is 6.12. The normalized spacial score (nSPS) is 14.4. The van der Waals surface area contributed by atoms with Crippen molar-refractivity contribution >= 4 is 40.0 Å². The molecule has 8 nitrogen and oxygen atoms in total. The molecular formula is C29H31FN6O2. The number of anilines is 3. The molecule has 2 aromatic carbocycles. The van der Waals surface area contributed by atoms with Gasteiger partial charge in [0.15, 0.2) is 0 Å². The number of carbonyl (C=O) groups is 2. The number of carbonyl (C=O) groups excluding carboxylic acids is 2. The van der Waals surface area contributed by atoms with Crippen molar-refractivity contribution in [1.29, 1.82) is 0 Å². The molecule has 2 N–H and O–H groups in total. The van der Waals surface area contributed by atoms with Crippen LogP contribution in [0.1, 0.15) is 34.7 Å². The average molecular weight is 515 g/mol. The van der Waals surface area contributed by atoms with Crippen molar-refractivity contribution in [1.82, 2.24) is 19.8 Å². The molecule has 2 amide bonds. The molecule has 0 bridgehead atoms. The Morgan fingerprint density at radius 3 is 2.50 bits per heavy atom. The second-order valence-corrected chi connectivity index (χ2v) is 9.72. The topological polar surface area (TPSA) is 82.5 Å². The van der Waals surface area contributed by atoms with Crippen molar-refractivity contribution < 1.29 is 14.0 Å². The molecule has 1 saturated heterocycles. The Kier molecular flexibility index (Phi) is 7.11. The smallest absolute Gasteiger partial charge is 0.325 e. The maximum atomic E-state index is 15.1. The second kappa shape index (κ2) is 10.6. The lowest BCUT2D eigenvalue weighted by molar-refractivity contribution is 0.102. The maximum Gasteiger partial charge on any atom is 0.325 e. The number of hydrogen-bond donors (Lipinski definition) is 2. The molecule has 0 atom stereocenters. The zero-order chi connectivity index (χ0) is 26.8. The van der Waals surface area contributed by atoms with Crippen molar-refractivity contribution in [2.45, 2.75) is 18.8 Å². The van der Waals surface area contributed by atoms with Crippen LogP contribution in [0.3, 0.4) is 0 Å². The molecule has 3 heterocycles. The third-order valence-electron chi connectivity index (χ3n) is 7.29. The molecule has 0 aliphatic carbocycles. The summed E-state index contributed by atoms with van der Waals surface area (Å²) in [6.07, 6.45) is 5.43. The third-order valence-corrected chi connectivity index (χ3v) is 7.29. The van der Waals surface area contributed by atoms with Crippen LogP contribution >= 0.6 is 0 Å². The number of hydrogen-bond acceptors (Lipinski definition) is 5. The van der Waals surface area contributed by atoms with Gasteiger partial charge in [-0.05, 0) is 74.8 Å². The summed E-state index contributed by atoms with van der Waals surface area (Å²) < 4.78 is 16.5. The lowest BCUT2D eigenvalue weighted by Crippen LogP contribution is -2.29. The van der Waals surface area contributed by atoms with E-state index in [-0.39, 0.29) is 11.9 Å². The van der Waals surface area contributed by atoms with E-state index in [1.54, 1.807) is 48.6 Å². The number of amides is 2. The Hall–Kier alpha value is -4.24. The van der Waals surface area contributed by atoms with Gasteiger partial charge in [-0.15, -0.1) is 0 Å². The molecule has 4 aromatic rings. The summed E-state index contributed by atoms with van der Waals surface area (Å²) in [6, 6.07) is 15.7. The average Bonchev–Trinajstić information content (AvgIpc) is 3.35. The van der Waals surface area contributed by atoms with E-state index in [0.29, 0.717) is 34.2 Å². The minimum atomic E-state index is -0.476. The lowest BCUT2D eigenvalue weighted by atomic mass is 9.89. The van der Waals surface area contributed by atoms with Gasteiger partial charge in [-0.2, -0.15) is 0 Å². The standard InChI is InChI=1S/C29H31FN6O2/c1-31-29(38)36-15-11-22-16-26(24(30)18-25(22)36)35(3)23-8-12-32-27(17-23)33-28(37)21-6-4-19(5-7-21)20-9-13-34(2)14-10-20/h4-8,11-12,15-18,20H,9-10,13-14H2,1-3H3,(H,31,38)(H,32,33,37). The molecule has 0 radical (unpaired) electrons. The van der Waals surface area contributed by atoms with E-state index in [2.05, 4.69) is 27.6 Å². The number of pyridine rings is 1. The summed E-state index contributed by atoms with van der Waals surface area (Å²) in [6.45, 7) is 2.17. The highest BCUT2D eigenvalue weighted by Gasteiger charge is 2.19. The van der Waals surface area contributed by atoms with E-state index >= 15 is 4.39 Å². The van der Waals surface area contributed by atoms with Gasteiger partial charge in [0.2, 0.25) is 0 Å². The highest BCUT2D eigenvalue weighted by atomic mass is 19.1. The largest absolute Gasteiger partial charge is 0.342 e. The number of nitrogens with one attached hydrogen (secondary N) is 2. The van der Waals surface area contributed by atoms with E-state index in [4.69, 9.17) is 0 Å². The summed E-state index contributed by atoms with van der Waals surface area (Å²) in [4.78, 5) is 33.3. The molecular weight excluding hydrogens is 483 g/mol. The van der Waals surface area contributed by atoms with Gasteiger partial charge in [-0.3, -0.25) is 9.36 Å². The van der Waals surface area contributed by atoms with Gasteiger partial charge in [0.05, 0.1) is 11.2 Å². The van der Waals surface area contributed by atoms with Crippen molar-refractivity contribution in [3.63, 3.8) is 0 Å². The van der Waals surface area contributed by atoms with Crippen LogP contribution in [0, 0.1) is 5.82 Å². The summed E-state index contributed by atoms with van der Waals surface area (Å²) >= 11 is 0. The molecule has 2 aromatic heterocycles. The predicted molar refractivity (Wildman–Crippen MR) is 148 cm³/mol. The Labute approximate surface area is 221 Å². The Morgan fingerprint density at radius 1 is 1.05 bits per heavy atom. The van der Waals surface area contributed by atoms with Crippen molar-refractivity contribution in [3.8, 4) is 0 Å². The van der Waals surface area contributed by atoms with Crippen LogP contribution in [0.25, 0.3) is 10.9 Å². The van der Waals surface area contributed by atoms with Gasteiger partial charge in [-0.1, -0.05) is 12.1 Å². The zero-order valence-corrected chi connectivity index (χ0v) is 21.7. The highest BCUT2D eigenvalue weighted by Crippen LogP contribution is 2.32. The van der Waals surface area contributed by atoms with Gasteiger partial charge >= 0.3 is 6.03 Å². The van der Waals surface area contributed by atoms with Crippen molar-refractivity contribution in [2.24, 2.45) is 0 Å². The Balaban J connectivity index is 1.31. The van der Waals surface area contributed by atoms with Crippen molar-refractivity contribution in [2.75, 3.05) is 44.4 Å². The summed E-state index contributed by atoms with van der Waals surface area (Å²) in [5.41, 5.74) is 3.28. The Bertz CT molecular complexity index is 1470. The van der Waals surface area contributed by atoms with Gasteiger partial charge in [0, 0.05) is 55.3 Å². The molecule has 1 aliphatic rings. The van der Waals surface area contributed by atoms with Crippen LogP contribution in [0.5, 0.6) is 0 Å². The number of piperidine rings is 1. The van der Waals surface area contributed by atoms with Gasteiger partial charge in [0.25, 0.3) is 5.91 Å². The van der Waals surface area contributed by atoms with E-state index in [1.807, 2.05) is 24.3 Å². The highest BCUT2D eigenvalue weighted by molar-refractivity contribution is 6.04. The minimum Gasteiger partial charge on any atom is -0.342 e. The van der Waals surface area contributed by atoms with Crippen LogP contribution < -0.4 is 15.5 Å². The van der Waals surface area contributed by atoms with Crippen LogP contribution in [0.4, 0.5) is 26.4 Å². The molecule has 1 fully saturated rings. The van der Waals surface area contributed by atoms with Gasteiger partial charge in [0.1, 0.15) is 11.6 Å². The first kappa shape index (κ1) is 25.4. The number of fused-ring (bicyclic) bond motifs is 1. The van der Waals surface area contributed by atoms with Gasteiger partial charge in [-0.25, -0.2) is 14.2 Å². The second-order valence-electron chi connectivity index (χ2n) is 9.72. The quantitative estimate of drug-likeness (QED) is 0.383. The van der Waals surface area contributed by atoms with E-state index in [9.17, 15) is 9.59 Å². The molecule has 0 saturated carbocycles. The van der Waals surface area contributed by atoms with E-state index < -0.39 is 5.82 Å². The molecule has 0 spiro atoms. The fraction of sp³-hybridized carbons (Fsp3) is 0.276. The fourth-order valence-corrected chi connectivity index (χ4v) is 4.97. The third kappa shape index (κ3) is 5.10. The first-order valence-electron chi connectivity index (χ1n) is 12.7. The van der Waals surface area contributed by atoms with Gasteiger partial charge < -0.3 is 20.4 Å². The number of halogens is 1. The van der Waals surface area contributed by atoms with E-state index in [1.165, 1.54) is 23.2 Å². The zero-order valence-electron chi connectivity index (χ0n) is 21.7. The molecule has 196 valence electrons. The van der Waals surface area contributed by atoms with Crippen LogP contribution in [0.2, 0.25) is 0 Å². The number of likely N-dealkylation sites (tertiary alicyclic amines) is 1. The summed E-state index contributed by atoms with van der Waals surface area (Å²) in [5.74, 6) is 0.163. The number of aromatic nitrogens is 2. The molecule has 38 heavy (non-hydrogen) atoms. The van der Waals surface area contributed by atoms with E-state index in [0.717, 1.165) is 31.3 Å². The molecule has 1 aliphatic heterocycles. The predicted octanol–water partition coefficient (Wildman–Crippen LogP) is 5.19. The SMILES string of the molecule is CNC(=O)n1ccc2cc(N(C)c3ccnc(NC(=O)c4ccc(C5CCN(C)CC5)cc4)c3)c(F)cc21. The molecule has 0 unspecified atom stereocenters. The molecule has 5 rings (SSSR count). The number of benzene rings is 2. The number of rotatable bonds is 5. The first-order chi connectivity index (χ1) is 18.3. The fourth-order valence-electron chi connectivity index (χ4n) is 4.97. The first-order valence-corrected chi connectivity index (χ1v) is 12.7. The molecule has 9 heteroatoms. The number of nitrogens with zero attached hydrogens (tertiary/aromatic N) is 4. The lowest BCUT2D eigenvalue weighted by Gasteiger charge is -2.29. The minimum absolute atomic E-state index is 0.254. The van der Waals surface area contributed by atoms with Crippen LogP contribution in [0.15, 0.2) is 67.0 Å². The van der Waals surface area contributed by atoms with Crippen LogP contribution in [-0.2, 0) is 0 Å². The van der Waals surface area contributed by atoms with Crippen LogP contribution in [-0.4, -0.2) is 60.6 Å². The summed E-state index contributed by atoms with van der Waals surface area (Å²) in [7, 11) is 5.41. The Morgan fingerprint density at radius 2 is 1.79 bits per heavy atom. The monoisotopic (exact) mass is 514 g/mol. The maximum absolute atomic E-state index is 15.1.